The fourth-order valence-corrected chi connectivity index (χ4v) is 2.06. The van der Waals surface area contributed by atoms with Crippen molar-refractivity contribution in [1.82, 2.24) is 4.98 Å². The van der Waals surface area contributed by atoms with Crippen LogP contribution in [0.2, 0.25) is 0 Å². The number of H-pyrrole nitrogens is 1. The number of aromatic amines is 1. The van der Waals surface area contributed by atoms with Gasteiger partial charge >= 0.3 is 5.97 Å². The van der Waals surface area contributed by atoms with Crippen LogP contribution in [0.25, 0.3) is 11.1 Å². The third-order valence-electron chi connectivity index (χ3n) is 2.92. The second kappa shape index (κ2) is 5.54. The van der Waals surface area contributed by atoms with Crippen LogP contribution < -0.4 is 0 Å². The van der Waals surface area contributed by atoms with E-state index >= 15 is 0 Å². The summed E-state index contributed by atoms with van der Waals surface area (Å²) in [4.78, 5) is 14.8. The highest BCUT2D eigenvalue weighted by Gasteiger charge is 2.16. The Hall–Kier alpha value is -2.03. The molecule has 2 rings (SSSR count). The van der Waals surface area contributed by atoms with E-state index in [-0.39, 0.29) is 5.97 Å². The standard InChI is InChI=1S/C15H17NO2/c1-3-11-7-5-6-8-12(11)13-9-10-16-14(13)15(17)18-4-2/h5-10,16H,3-4H2,1-2H3. The molecule has 0 saturated carbocycles. The molecule has 0 amide bonds. The Morgan fingerprint density at radius 3 is 2.67 bits per heavy atom. The summed E-state index contributed by atoms with van der Waals surface area (Å²) in [7, 11) is 0. The Bertz CT molecular complexity index is 543. The number of esters is 1. The Labute approximate surface area is 107 Å². The maximum absolute atomic E-state index is 11.8. The molecule has 0 aliphatic carbocycles. The number of ether oxygens (including phenoxy) is 1. The molecule has 0 atom stereocenters. The molecule has 0 radical (unpaired) electrons. The molecule has 1 N–H and O–H groups in total. The largest absolute Gasteiger partial charge is 0.461 e. The molecule has 1 heterocycles. The van der Waals surface area contributed by atoms with Crippen molar-refractivity contribution in [2.24, 2.45) is 0 Å². The molecule has 18 heavy (non-hydrogen) atoms. The maximum atomic E-state index is 11.8. The van der Waals surface area contributed by atoms with E-state index in [0.29, 0.717) is 12.3 Å². The first-order valence-corrected chi connectivity index (χ1v) is 6.20. The number of carbonyl (C=O) groups excluding carboxylic acids is 1. The number of nitrogens with one attached hydrogen (secondary N) is 1. The average molecular weight is 243 g/mol. The summed E-state index contributed by atoms with van der Waals surface area (Å²) in [6.45, 7) is 4.29. The lowest BCUT2D eigenvalue weighted by Crippen LogP contribution is -2.06. The lowest BCUT2D eigenvalue weighted by molar-refractivity contribution is 0.0521. The van der Waals surface area contributed by atoms with Crippen molar-refractivity contribution in [2.45, 2.75) is 20.3 Å². The first-order valence-electron chi connectivity index (χ1n) is 6.20. The van der Waals surface area contributed by atoms with E-state index in [0.717, 1.165) is 17.5 Å². The molecule has 0 bridgehead atoms. The van der Waals surface area contributed by atoms with Gasteiger partial charge in [-0.25, -0.2) is 4.79 Å². The monoisotopic (exact) mass is 243 g/mol. The molecule has 0 spiro atoms. The van der Waals surface area contributed by atoms with Crippen molar-refractivity contribution in [3.05, 3.63) is 47.8 Å². The van der Waals surface area contributed by atoms with Crippen LogP contribution in [-0.2, 0) is 11.2 Å². The molecular formula is C15H17NO2. The van der Waals surface area contributed by atoms with Gasteiger partial charge in [0.25, 0.3) is 0 Å². The van der Waals surface area contributed by atoms with Crippen molar-refractivity contribution < 1.29 is 9.53 Å². The number of aryl methyl sites for hydroxylation is 1. The maximum Gasteiger partial charge on any atom is 0.355 e. The normalized spacial score (nSPS) is 10.3. The first kappa shape index (κ1) is 12.4. The quantitative estimate of drug-likeness (QED) is 0.836. The van der Waals surface area contributed by atoms with Gasteiger partial charge in [-0.15, -0.1) is 0 Å². The summed E-state index contributed by atoms with van der Waals surface area (Å²) >= 11 is 0. The van der Waals surface area contributed by atoms with Gasteiger partial charge in [0.1, 0.15) is 5.69 Å². The van der Waals surface area contributed by atoms with Crippen molar-refractivity contribution in [3.63, 3.8) is 0 Å². The Morgan fingerprint density at radius 2 is 1.94 bits per heavy atom. The fourth-order valence-electron chi connectivity index (χ4n) is 2.06. The van der Waals surface area contributed by atoms with E-state index < -0.39 is 0 Å². The van der Waals surface area contributed by atoms with E-state index in [1.54, 1.807) is 13.1 Å². The van der Waals surface area contributed by atoms with E-state index in [2.05, 4.69) is 18.0 Å². The van der Waals surface area contributed by atoms with Crippen molar-refractivity contribution in [1.29, 1.82) is 0 Å². The molecule has 2 aromatic rings. The van der Waals surface area contributed by atoms with Crippen LogP contribution in [0.1, 0.15) is 29.9 Å². The van der Waals surface area contributed by atoms with Crippen molar-refractivity contribution in [2.75, 3.05) is 6.61 Å². The van der Waals surface area contributed by atoms with Gasteiger partial charge in [-0.1, -0.05) is 31.2 Å². The number of rotatable bonds is 4. The lowest BCUT2D eigenvalue weighted by atomic mass is 9.98. The topological polar surface area (TPSA) is 42.1 Å². The number of carbonyl (C=O) groups is 1. The van der Waals surface area contributed by atoms with Crippen LogP contribution in [0, 0.1) is 0 Å². The molecule has 0 fully saturated rings. The minimum Gasteiger partial charge on any atom is -0.461 e. The van der Waals surface area contributed by atoms with Gasteiger partial charge in [0.2, 0.25) is 0 Å². The number of benzene rings is 1. The average Bonchev–Trinajstić information content (AvgIpc) is 2.88. The summed E-state index contributed by atoms with van der Waals surface area (Å²) in [5.74, 6) is -0.302. The zero-order valence-corrected chi connectivity index (χ0v) is 10.7. The van der Waals surface area contributed by atoms with Gasteiger partial charge in [-0.05, 0) is 30.5 Å². The molecule has 0 saturated heterocycles. The highest BCUT2D eigenvalue weighted by Crippen LogP contribution is 2.27. The predicted octanol–water partition coefficient (Wildman–Crippen LogP) is 3.42. The third kappa shape index (κ3) is 2.30. The SMILES string of the molecule is CCOC(=O)c1[nH]ccc1-c1ccccc1CC. The van der Waals surface area contributed by atoms with Crippen LogP contribution in [-0.4, -0.2) is 17.6 Å². The second-order valence-electron chi connectivity index (χ2n) is 4.00. The zero-order valence-electron chi connectivity index (χ0n) is 10.7. The Kier molecular flexibility index (Phi) is 3.82. The third-order valence-corrected chi connectivity index (χ3v) is 2.92. The van der Waals surface area contributed by atoms with Crippen LogP contribution in [0.3, 0.4) is 0 Å². The van der Waals surface area contributed by atoms with Gasteiger partial charge < -0.3 is 9.72 Å². The second-order valence-corrected chi connectivity index (χ2v) is 4.00. The van der Waals surface area contributed by atoms with Gasteiger partial charge in [0.05, 0.1) is 6.61 Å². The minimum atomic E-state index is -0.302. The van der Waals surface area contributed by atoms with E-state index in [4.69, 9.17) is 4.74 Å². The highest BCUT2D eigenvalue weighted by molar-refractivity contribution is 5.96. The first-order chi connectivity index (χ1) is 8.77. The molecule has 0 aliphatic heterocycles. The molecule has 1 aromatic carbocycles. The minimum absolute atomic E-state index is 0.302. The summed E-state index contributed by atoms with van der Waals surface area (Å²) < 4.78 is 5.05. The summed E-state index contributed by atoms with van der Waals surface area (Å²) in [5, 5.41) is 0. The molecular weight excluding hydrogens is 226 g/mol. The van der Waals surface area contributed by atoms with Gasteiger partial charge in [-0.3, -0.25) is 0 Å². The molecule has 1 aromatic heterocycles. The van der Waals surface area contributed by atoms with Crippen LogP contribution >= 0.6 is 0 Å². The number of hydrogen-bond donors (Lipinski definition) is 1. The summed E-state index contributed by atoms with van der Waals surface area (Å²) in [6.07, 6.45) is 2.71. The summed E-state index contributed by atoms with van der Waals surface area (Å²) in [5.41, 5.74) is 3.75. The van der Waals surface area contributed by atoms with Crippen molar-refractivity contribution >= 4 is 5.97 Å². The molecule has 3 nitrogen and oxygen atoms in total. The summed E-state index contributed by atoms with van der Waals surface area (Å²) in [6, 6.07) is 10.0. The molecule has 3 heteroatoms. The van der Waals surface area contributed by atoms with E-state index in [9.17, 15) is 4.79 Å². The highest BCUT2D eigenvalue weighted by atomic mass is 16.5. The van der Waals surface area contributed by atoms with Crippen LogP contribution in [0.15, 0.2) is 36.5 Å². The zero-order chi connectivity index (χ0) is 13.0. The lowest BCUT2D eigenvalue weighted by Gasteiger charge is -2.08. The van der Waals surface area contributed by atoms with Crippen LogP contribution in [0.4, 0.5) is 0 Å². The van der Waals surface area contributed by atoms with Gasteiger partial charge in [0.15, 0.2) is 0 Å². The Morgan fingerprint density at radius 1 is 1.17 bits per heavy atom. The number of hydrogen-bond acceptors (Lipinski definition) is 2. The van der Waals surface area contributed by atoms with Crippen molar-refractivity contribution in [3.8, 4) is 11.1 Å². The van der Waals surface area contributed by atoms with Gasteiger partial charge in [-0.2, -0.15) is 0 Å². The predicted molar refractivity (Wildman–Crippen MR) is 71.6 cm³/mol. The van der Waals surface area contributed by atoms with Gasteiger partial charge in [0, 0.05) is 11.8 Å². The van der Waals surface area contributed by atoms with E-state index in [1.165, 1.54) is 5.56 Å². The number of aromatic nitrogens is 1. The molecule has 94 valence electrons. The fraction of sp³-hybridized carbons (Fsp3) is 0.267. The Balaban J connectivity index is 2.45. The molecule has 0 unspecified atom stereocenters. The van der Waals surface area contributed by atoms with E-state index in [1.807, 2.05) is 24.3 Å². The molecule has 0 aliphatic rings. The smallest absolute Gasteiger partial charge is 0.355 e. The van der Waals surface area contributed by atoms with Crippen LogP contribution in [0.5, 0.6) is 0 Å².